The highest BCUT2D eigenvalue weighted by molar-refractivity contribution is 9.10. The third-order valence-corrected chi connectivity index (χ3v) is 4.56. The van der Waals surface area contributed by atoms with Gasteiger partial charge in [0.1, 0.15) is 0 Å². The second-order valence-electron chi connectivity index (χ2n) is 4.57. The maximum Gasteiger partial charge on any atom is 0.416 e. The van der Waals surface area contributed by atoms with E-state index in [1.165, 1.54) is 6.07 Å². The molecule has 0 unspecified atom stereocenters. The Kier molecular flexibility index (Phi) is 5.43. The molecule has 1 aromatic carbocycles. The lowest BCUT2D eigenvalue weighted by Crippen LogP contribution is -2.42. The number of nitrogens with zero attached hydrogens (tertiary/aromatic N) is 2. The lowest BCUT2D eigenvalue weighted by molar-refractivity contribution is -0.138. The van der Waals surface area contributed by atoms with E-state index < -0.39 is 11.7 Å². The monoisotopic (exact) mass is 381 g/mol. The Morgan fingerprint density at radius 3 is 2.62 bits per heavy atom. The fraction of sp³-hybridized carbons (Fsp3) is 0.462. The molecule has 0 amide bonds. The van der Waals surface area contributed by atoms with Crippen LogP contribution < -0.4 is 5.73 Å². The number of aliphatic imine (C=N–C) groups is 1. The Morgan fingerprint density at radius 1 is 1.33 bits per heavy atom. The van der Waals surface area contributed by atoms with E-state index >= 15 is 0 Å². The zero-order valence-electron chi connectivity index (χ0n) is 11.2. The predicted octanol–water partition coefficient (Wildman–Crippen LogP) is 3.33. The van der Waals surface area contributed by atoms with Crippen molar-refractivity contribution in [1.29, 1.82) is 0 Å². The molecule has 0 bridgehead atoms. The molecule has 0 atom stereocenters. The predicted molar refractivity (Wildman–Crippen MR) is 83.4 cm³/mol. The highest BCUT2D eigenvalue weighted by atomic mass is 79.9. The molecule has 3 nitrogen and oxygen atoms in total. The average Bonchev–Trinajstić information content (AvgIpc) is 2.45. The minimum absolute atomic E-state index is 0.0718. The Balaban J connectivity index is 2.15. The van der Waals surface area contributed by atoms with Gasteiger partial charge in [0.2, 0.25) is 0 Å². The van der Waals surface area contributed by atoms with E-state index in [4.69, 9.17) is 5.73 Å². The fourth-order valence-corrected chi connectivity index (χ4v) is 3.27. The molecule has 0 spiro atoms. The summed E-state index contributed by atoms with van der Waals surface area (Å²) in [6, 6.07) is 4.07. The van der Waals surface area contributed by atoms with Gasteiger partial charge in [-0.15, -0.1) is 0 Å². The molecule has 0 radical (unpaired) electrons. The zero-order chi connectivity index (χ0) is 15.5. The maximum atomic E-state index is 13.0. The van der Waals surface area contributed by atoms with Crippen molar-refractivity contribution in [3.05, 3.63) is 33.8 Å². The summed E-state index contributed by atoms with van der Waals surface area (Å²) in [6.45, 7) is 1.50. The molecule has 1 saturated heterocycles. The highest BCUT2D eigenvalue weighted by Crippen LogP contribution is 2.34. The summed E-state index contributed by atoms with van der Waals surface area (Å²) in [5, 5.41) is 0. The van der Waals surface area contributed by atoms with Crippen LogP contribution in [0.2, 0.25) is 0 Å². The van der Waals surface area contributed by atoms with Crippen LogP contribution in [0.15, 0.2) is 27.7 Å². The van der Waals surface area contributed by atoms with Crippen LogP contribution in [0.5, 0.6) is 0 Å². The van der Waals surface area contributed by atoms with Gasteiger partial charge in [-0.3, -0.25) is 0 Å². The smallest absolute Gasteiger partial charge is 0.370 e. The van der Waals surface area contributed by atoms with Gasteiger partial charge in [-0.1, -0.05) is 22.0 Å². The normalized spacial score (nSPS) is 17.1. The van der Waals surface area contributed by atoms with Crippen molar-refractivity contribution in [2.24, 2.45) is 10.7 Å². The number of rotatable bonds is 2. The van der Waals surface area contributed by atoms with Gasteiger partial charge in [0.15, 0.2) is 5.96 Å². The quantitative estimate of drug-likeness (QED) is 0.630. The molecule has 116 valence electrons. The number of halogens is 4. The molecule has 2 rings (SSSR count). The number of benzene rings is 1. The molecule has 0 aromatic heterocycles. The van der Waals surface area contributed by atoms with E-state index in [1.807, 2.05) is 16.7 Å². The third kappa shape index (κ3) is 4.54. The number of hydrogen-bond acceptors (Lipinski definition) is 2. The standard InChI is InChI=1S/C13H15BrF3N3S/c14-10-2-1-9(11(7-10)13(15,16)17)8-19-12(18)20-3-5-21-6-4-20/h1-2,7H,3-6,8H2,(H2,18,19). The molecule has 1 aromatic rings. The molecule has 0 aliphatic carbocycles. The van der Waals surface area contributed by atoms with Crippen molar-refractivity contribution in [3.63, 3.8) is 0 Å². The van der Waals surface area contributed by atoms with Crippen LogP contribution in [-0.4, -0.2) is 35.5 Å². The first-order valence-electron chi connectivity index (χ1n) is 6.36. The van der Waals surface area contributed by atoms with Gasteiger partial charge in [0.25, 0.3) is 0 Å². The Hall–Kier alpha value is -0.890. The van der Waals surface area contributed by atoms with Crippen molar-refractivity contribution in [2.75, 3.05) is 24.6 Å². The van der Waals surface area contributed by atoms with Crippen LogP contribution in [0.25, 0.3) is 0 Å². The van der Waals surface area contributed by atoms with Crippen LogP contribution in [0.3, 0.4) is 0 Å². The Morgan fingerprint density at radius 2 is 2.00 bits per heavy atom. The van der Waals surface area contributed by atoms with Gasteiger partial charge in [-0.2, -0.15) is 24.9 Å². The third-order valence-electron chi connectivity index (χ3n) is 3.12. The summed E-state index contributed by atoms with van der Waals surface area (Å²) in [5.41, 5.74) is 5.31. The molecule has 1 heterocycles. The summed E-state index contributed by atoms with van der Waals surface area (Å²) < 4.78 is 39.4. The lowest BCUT2D eigenvalue weighted by atomic mass is 10.1. The molecule has 1 aliphatic rings. The van der Waals surface area contributed by atoms with Crippen LogP contribution in [0.4, 0.5) is 13.2 Å². The van der Waals surface area contributed by atoms with Gasteiger partial charge in [-0.25, -0.2) is 4.99 Å². The molecule has 8 heteroatoms. The van der Waals surface area contributed by atoms with E-state index in [0.717, 1.165) is 30.7 Å². The summed E-state index contributed by atoms with van der Waals surface area (Å²) in [5.74, 6) is 2.23. The molecule has 21 heavy (non-hydrogen) atoms. The molecular weight excluding hydrogens is 367 g/mol. The summed E-state index contributed by atoms with van der Waals surface area (Å²) >= 11 is 4.89. The molecule has 0 saturated carbocycles. The van der Waals surface area contributed by atoms with Crippen molar-refractivity contribution < 1.29 is 13.2 Å². The van der Waals surface area contributed by atoms with E-state index in [9.17, 15) is 13.2 Å². The Labute approximate surface area is 133 Å². The number of nitrogens with two attached hydrogens (primary N) is 1. The minimum Gasteiger partial charge on any atom is -0.370 e. The van der Waals surface area contributed by atoms with Crippen LogP contribution in [0, 0.1) is 0 Å². The number of thioether (sulfide) groups is 1. The van der Waals surface area contributed by atoms with Gasteiger partial charge in [0, 0.05) is 29.1 Å². The van der Waals surface area contributed by atoms with Crippen molar-refractivity contribution in [3.8, 4) is 0 Å². The summed E-state index contributed by atoms with van der Waals surface area (Å²) in [4.78, 5) is 6.02. The minimum atomic E-state index is -4.40. The van der Waals surface area contributed by atoms with Crippen molar-refractivity contribution in [2.45, 2.75) is 12.7 Å². The fourth-order valence-electron chi connectivity index (χ4n) is 2.01. The van der Waals surface area contributed by atoms with Gasteiger partial charge >= 0.3 is 6.18 Å². The maximum absolute atomic E-state index is 13.0. The molecule has 1 aliphatic heterocycles. The highest BCUT2D eigenvalue weighted by Gasteiger charge is 2.33. The van der Waals surface area contributed by atoms with E-state index in [0.29, 0.717) is 10.4 Å². The average molecular weight is 382 g/mol. The number of alkyl halides is 3. The number of guanidine groups is 1. The van der Waals surface area contributed by atoms with Crippen molar-refractivity contribution >= 4 is 33.7 Å². The SMILES string of the molecule is NC(=NCc1ccc(Br)cc1C(F)(F)F)N1CCSCC1. The summed E-state index contributed by atoms with van der Waals surface area (Å²) in [6.07, 6.45) is -4.40. The van der Waals surface area contributed by atoms with E-state index in [-0.39, 0.29) is 12.1 Å². The number of hydrogen-bond donors (Lipinski definition) is 1. The first-order valence-corrected chi connectivity index (χ1v) is 8.31. The van der Waals surface area contributed by atoms with E-state index in [2.05, 4.69) is 20.9 Å². The van der Waals surface area contributed by atoms with Crippen LogP contribution in [-0.2, 0) is 12.7 Å². The van der Waals surface area contributed by atoms with Crippen LogP contribution in [0.1, 0.15) is 11.1 Å². The molecular formula is C13H15BrF3N3S. The summed E-state index contributed by atoms with van der Waals surface area (Å²) in [7, 11) is 0. The van der Waals surface area contributed by atoms with Crippen LogP contribution >= 0.6 is 27.7 Å². The second-order valence-corrected chi connectivity index (χ2v) is 6.71. The lowest BCUT2D eigenvalue weighted by Gasteiger charge is -2.27. The largest absolute Gasteiger partial charge is 0.416 e. The van der Waals surface area contributed by atoms with Gasteiger partial charge in [-0.05, 0) is 17.7 Å². The van der Waals surface area contributed by atoms with Crippen molar-refractivity contribution in [1.82, 2.24) is 4.90 Å². The molecule has 2 N–H and O–H groups in total. The molecule has 1 fully saturated rings. The first-order chi connectivity index (χ1) is 9.88. The Bertz CT molecular complexity index is 528. The first kappa shape index (κ1) is 16.5. The topological polar surface area (TPSA) is 41.6 Å². The van der Waals surface area contributed by atoms with Gasteiger partial charge in [0.05, 0.1) is 12.1 Å². The van der Waals surface area contributed by atoms with Gasteiger partial charge < -0.3 is 10.6 Å². The van der Waals surface area contributed by atoms with E-state index in [1.54, 1.807) is 6.07 Å². The zero-order valence-corrected chi connectivity index (χ0v) is 13.6. The second kappa shape index (κ2) is 6.91.